The summed E-state index contributed by atoms with van der Waals surface area (Å²) in [5, 5.41) is 10.6. The van der Waals surface area contributed by atoms with Crippen LogP contribution in [0.15, 0.2) is 29.2 Å². The number of carbonyl (C=O) groups is 2. The maximum atomic E-state index is 13.3. The summed E-state index contributed by atoms with van der Waals surface area (Å²) in [5.41, 5.74) is -0.182. The Morgan fingerprint density at radius 1 is 1.19 bits per heavy atom. The van der Waals surface area contributed by atoms with Gasteiger partial charge < -0.3 is 9.47 Å². The number of esters is 2. The molecule has 114 valence electrons. The van der Waals surface area contributed by atoms with Gasteiger partial charge in [0.25, 0.3) is 5.69 Å². The van der Waals surface area contributed by atoms with E-state index in [1.807, 2.05) is 0 Å². The minimum Gasteiger partial charge on any atom is -0.465 e. The zero-order valence-electron chi connectivity index (χ0n) is 11.2. The molecule has 1 aromatic carbocycles. The molecule has 1 unspecified atom stereocenters. The maximum absolute atomic E-state index is 13.3. The van der Waals surface area contributed by atoms with Gasteiger partial charge in [0.05, 0.1) is 19.1 Å². The van der Waals surface area contributed by atoms with Crippen molar-refractivity contribution in [3.63, 3.8) is 0 Å². The van der Waals surface area contributed by atoms with E-state index < -0.39 is 38.2 Å². The molecule has 1 rings (SSSR count). The van der Waals surface area contributed by atoms with E-state index in [0.717, 1.165) is 26.4 Å². The van der Waals surface area contributed by atoms with Gasteiger partial charge in [-0.25, -0.2) is 14.0 Å². The molecule has 21 heavy (non-hydrogen) atoms. The summed E-state index contributed by atoms with van der Waals surface area (Å²) < 4.78 is 22.2. The van der Waals surface area contributed by atoms with Gasteiger partial charge in [-0.05, 0) is 12.1 Å². The van der Waals surface area contributed by atoms with Gasteiger partial charge in [0, 0.05) is 17.0 Å². The average molecular weight is 317 g/mol. The topological polar surface area (TPSA) is 95.7 Å². The Labute approximate surface area is 121 Å². The Kier molecular flexibility index (Phi) is 5.97. The van der Waals surface area contributed by atoms with Crippen LogP contribution in [-0.4, -0.2) is 42.0 Å². The summed E-state index contributed by atoms with van der Waals surface area (Å²) in [7, 11) is 0.577. The molecule has 0 fully saturated rings. The molecule has 1 atom stereocenters. The van der Waals surface area contributed by atoms with Crippen molar-refractivity contribution < 1.29 is 28.4 Å². The molecule has 0 bridgehead atoms. The van der Waals surface area contributed by atoms with Crippen molar-refractivity contribution in [2.24, 2.45) is 0 Å². The Balaban J connectivity index is 3.41. The van der Waals surface area contributed by atoms with E-state index in [1.165, 1.54) is 12.1 Å². The molecule has 9 heteroatoms. The number of non-ortho nitro benzene ring substituents is 1. The summed E-state index contributed by atoms with van der Waals surface area (Å²) >= 11 is 0. The SMILES string of the molecule is COC(=O)C(C(=O)OC)=S(CF)c1ccc([N+](=O)[O-])cc1. The number of alkyl halides is 1. The quantitative estimate of drug-likeness (QED) is 0.269. The molecule has 0 amide bonds. The summed E-state index contributed by atoms with van der Waals surface area (Å²) in [6.45, 7) is 0. The minimum atomic E-state index is -1.54. The molecule has 0 aliphatic carbocycles. The van der Waals surface area contributed by atoms with Crippen molar-refractivity contribution in [2.45, 2.75) is 4.90 Å². The van der Waals surface area contributed by atoms with Crippen molar-refractivity contribution in [1.29, 1.82) is 0 Å². The smallest absolute Gasteiger partial charge is 0.351 e. The Morgan fingerprint density at radius 3 is 2.00 bits per heavy atom. The predicted octanol–water partition coefficient (Wildman–Crippen LogP) is 1.67. The highest BCUT2D eigenvalue weighted by atomic mass is 32.2. The first-order valence-electron chi connectivity index (χ1n) is 5.51. The number of halogens is 1. The van der Waals surface area contributed by atoms with E-state index >= 15 is 0 Å². The molecular weight excluding hydrogens is 305 g/mol. The lowest BCUT2D eigenvalue weighted by Crippen LogP contribution is -2.27. The molecule has 1 aromatic rings. The maximum Gasteiger partial charge on any atom is 0.351 e. The van der Waals surface area contributed by atoms with Crippen LogP contribution in [0.3, 0.4) is 0 Å². The number of hydrogen-bond donors (Lipinski definition) is 0. The summed E-state index contributed by atoms with van der Waals surface area (Å²) in [6, 6.07) is 3.87. The molecule has 7 nitrogen and oxygen atoms in total. The Bertz CT molecular complexity index is 580. The van der Waals surface area contributed by atoms with E-state index in [-0.39, 0.29) is 10.6 Å². The van der Waals surface area contributed by atoms with E-state index in [9.17, 15) is 24.1 Å². The van der Waals surface area contributed by atoms with Crippen molar-refractivity contribution in [3.05, 3.63) is 34.4 Å². The normalized spacial score (nSPS) is 11.4. The predicted molar refractivity (Wildman–Crippen MR) is 74.0 cm³/mol. The van der Waals surface area contributed by atoms with Crippen molar-refractivity contribution in [3.8, 4) is 0 Å². The van der Waals surface area contributed by atoms with Crippen LogP contribution in [0.1, 0.15) is 0 Å². The lowest BCUT2D eigenvalue weighted by Gasteiger charge is -2.11. The second kappa shape index (κ2) is 7.48. The zero-order chi connectivity index (χ0) is 16.0. The molecule has 0 aliphatic heterocycles. The molecule has 0 spiro atoms. The summed E-state index contributed by atoms with van der Waals surface area (Å²) in [4.78, 5) is 33.0. The van der Waals surface area contributed by atoms with Crippen LogP contribution in [-0.2, 0) is 19.1 Å². The molecule has 0 N–H and O–H groups in total. The van der Waals surface area contributed by atoms with E-state index in [2.05, 4.69) is 9.47 Å². The number of rotatable bonds is 5. The van der Waals surface area contributed by atoms with Gasteiger partial charge >= 0.3 is 11.9 Å². The van der Waals surface area contributed by atoms with Crippen LogP contribution < -0.4 is 0 Å². The molecule has 0 aromatic heterocycles. The third kappa shape index (κ3) is 3.85. The fourth-order valence-electron chi connectivity index (χ4n) is 1.44. The van der Waals surface area contributed by atoms with E-state index in [1.54, 1.807) is 0 Å². The number of nitrogens with zero attached hydrogens (tertiary/aromatic N) is 1. The average Bonchev–Trinajstić information content (AvgIpc) is 2.51. The summed E-state index contributed by atoms with van der Waals surface area (Å²) in [5.74, 6) is -2.00. The second-order valence-corrected chi connectivity index (χ2v) is 5.44. The largest absolute Gasteiger partial charge is 0.465 e. The number of carbonyl (C=O) groups excluding carboxylic acids is 2. The Hall–Kier alpha value is -2.29. The first-order valence-corrected chi connectivity index (χ1v) is 6.90. The minimum absolute atomic E-state index is 0.182. The molecular formula is C12H12FNO6S. The zero-order valence-corrected chi connectivity index (χ0v) is 12.0. The second-order valence-electron chi connectivity index (χ2n) is 3.56. The fraction of sp³-hybridized carbons (Fsp3) is 0.250. The van der Waals surface area contributed by atoms with Gasteiger partial charge in [0.2, 0.25) is 0 Å². The summed E-state index contributed by atoms with van der Waals surface area (Å²) in [6.07, 6.45) is 0. The highest BCUT2D eigenvalue weighted by Gasteiger charge is 2.25. The number of ether oxygens (including phenoxy) is 2. The standard InChI is InChI=1S/C12H12FNO6S/c1-19-11(15)10(12(16)20-2)21(7-13)9-5-3-8(4-6-9)14(17)18/h3-6H,7H2,1-2H3. The third-order valence-corrected chi connectivity index (χ3v) is 4.31. The lowest BCUT2D eigenvalue weighted by atomic mass is 10.3. The van der Waals surface area contributed by atoms with Crippen LogP contribution in [0, 0.1) is 10.1 Å². The van der Waals surface area contributed by atoms with Gasteiger partial charge in [-0.1, -0.05) is 0 Å². The fourth-order valence-corrected chi connectivity index (χ4v) is 2.94. The highest BCUT2D eigenvalue weighted by molar-refractivity contribution is 8.17. The molecule has 0 aliphatic rings. The first-order chi connectivity index (χ1) is 9.96. The van der Waals surface area contributed by atoms with Gasteiger partial charge in [-0.15, -0.1) is 10.5 Å². The van der Waals surface area contributed by atoms with E-state index in [4.69, 9.17) is 0 Å². The number of nitro benzene ring substituents is 1. The van der Waals surface area contributed by atoms with Gasteiger partial charge in [-0.3, -0.25) is 10.1 Å². The van der Waals surface area contributed by atoms with Crippen molar-refractivity contribution in [2.75, 3.05) is 20.2 Å². The number of methoxy groups -OCH3 is 2. The lowest BCUT2D eigenvalue weighted by molar-refractivity contribution is -0.384. The number of nitro groups is 1. The highest BCUT2D eigenvalue weighted by Crippen LogP contribution is 2.30. The van der Waals surface area contributed by atoms with Crippen LogP contribution in [0.25, 0.3) is 0 Å². The molecule has 0 heterocycles. The first kappa shape index (κ1) is 16.8. The number of hydrogen-bond acceptors (Lipinski definition) is 6. The van der Waals surface area contributed by atoms with Crippen molar-refractivity contribution in [1.82, 2.24) is 0 Å². The third-order valence-electron chi connectivity index (χ3n) is 2.43. The molecule has 0 saturated carbocycles. The monoisotopic (exact) mass is 317 g/mol. The van der Waals surface area contributed by atoms with Gasteiger partial charge in [-0.2, -0.15) is 0 Å². The van der Waals surface area contributed by atoms with E-state index in [0.29, 0.717) is 0 Å². The van der Waals surface area contributed by atoms with Gasteiger partial charge in [0.1, 0.15) is 6.01 Å². The Morgan fingerprint density at radius 2 is 1.67 bits per heavy atom. The van der Waals surface area contributed by atoms with Crippen LogP contribution >= 0.6 is 10.5 Å². The number of benzene rings is 1. The van der Waals surface area contributed by atoms with Crippen LogP contribution in [0.2, 0.25) is 0 Å². The van der Waals surface area contributed by atoms with Gasteiger partial charge in [0.15, 0.2) is 4.86 Å². The van der Waals surface area contributed by atoms with Crippen LogP contribution in [0.4, 0.5) is 10.1 Å². The molecule has 0 radical (unpaired) electrons. The van der Waals surface area contributed by atoms with Crippen LogP contribution in [0.5, 0.6) is 0 Å². The molecule has 0 saturated heterocycles. The van der Waals surface area contributed by atoms with Crippen molar-refractivity contribution >= 4 is 33.0 Å².